The highest BCUT2D eigenvalue weighted by Crippen LogP contribution is 2.23. The monoisotopic (exact) mass is 442 g/mol. The Morgan fingerprint density at radius 2 is 1.96 bits per heavy atom. The third-order valence-corrected chi connectivity index (χ3v) is 5.16. The second-order valence-corrected chi connectivity index (χ2v) is 7.51. The SMILES string of the molecule is CCn1c(SCC(=O)N/N=C/C(Br)=C/c2ccccc2)nc2ccccc21. The molecule has 138 valence electrons. The fourth-order valence-electron chi connectivity index (χ4n) is 2.54. The number of benzene rings is 2. The van der Waals surface area contributed by atoms with Gasteiger partial charge in [-0.2, -0.15) is 5.10 Å². The van der Waals surface area contributed by atoms with E-state index in [1.54, 1.807) is 6.21 Å². The number of hydrogen-bond donors (Lipinski definition) is 1. The number of carbonyl (C=O) groups excluding carboxylic acids is 1. The number of aromatic nitrogens is 2. The van der Waals surface area contributed by atoms with Gasteiger partial charge in [0.2, 0.25) is 0 Å². The number of nitrogens with one attached hydrogen (secondary N) is 1. The van der Waals surface area contributed by atoms with Crippen LogP contribution < -0.4 is 5.43 Å². The van der Waals surface area contributed by atoms with Crippen molar-refractivity contribution < 1.29 is 4.79 Å². The molecule has 0 atom stereocenters. The van der Waals surface area contributed by atoms with Crippen LogP contribution in [-0.4, -0.2) is 27.4 Å². The number of carbonyl (C=O) groups is 1. The lowest BCUT2D eigenvalue weighted by Gasteiger charge is -2.04. The molecule has 0 unspecified atom stereocenters. The Morgan fingerprint density at radius 1 is 1.22 bits per heavy atom. The highest BCUT2D eigenvalue weighted by molar-refractivity contribution is 9.12. The maximum Gasteiger partial charge on any atom is 0.250 e. The van der Waals surface area contributed by atoms with E-state index < -0.39 is 0 Å². The van der Waals surface area contributed by atoms with Crippen LogP contribution in [-0.2, 0) is 11.3 Å². The average molecular weight is 443 g/mol. The van der Waals surface area contributed by atoms with Crippen LogP contribution in [0.5, 0.6) is 0 Å². The summed E-state index contributed by atoms with van der Waals surface area (Å²) in [5.74, 6) is 0.0756. The number of amides is 1. The third kappa shape index (κ3) is 5.30. The highest BCUT2D eigenvalue weighted by atomic mass is 79.9. The quantitative estimate of drug-likeness (QED) is 0.328. The van der Waals surface area contributed by atoms with Gasteiger partial charge in [0.25, 0.3) is 5.91 Å². The number of fused-ring (bicyclic) bond motifs is 1. The van der Waals surface area contributed by atoms with Gasteiger partial charge in [0.1, 0.15) is 0 Å². The molecule has 0 bridgehead atoms. The first-order chi connectivity index (χ1) is 13.2. The Morgan fingerprint density at radius 3 is 2.74 bits per heavy atom. The lowest BCUT2D eigenvalue weighted by atomic mass is 10.2. The van der Waals surface area contributed by atoms with Gasteiger partial charge < -0.3 is 4.57 Å². The van der Waals surface area contributed by atoms with Crippen LogP contribution in [0.3, 0.4) is 0 Å². The molecule has 27 heavy (non-hydrogen) atoms. The maximum absolute atomic E-state index is 12.1. The summed E-state index contributed by atoms with van der Waals surface area (Å²) < 4.78 is 2.88. The van der Waals surface area contributed by atoms with Gasteiger partial charge in [-0.05, 0) is 46.6 Å². The standard InChI is InChI=1S/C20H19BrN4OS/c1-2-25-18-11-7-6-10-17(18)23-20(25)27-14-19(26)24-22-13-16(21)12-15-8-4-3-5-9-15/h3-13H,2,14H2,1H3,(H,24,26)/b16-12-,22-13+. The minimum atomic E-state index is -0.175. The smallest absolute Gasteiger partial charge is 0.250 e. The predicted molar refractivity (Wildman–Crippen MR) is 116 cm³/mol. The van der Waals surface area contributed by atoms with E-state index in [4.69, 9.17) is 0 Å². The molecule has 0 aliphatic rings. The van der Waals surface area contributed by atoms with Crippen molar-refractivity contribution in [3.8, 4) is 0 Å². The largest absolute Gasteiger partial charge is 0.319 e. The molecule has 7 heteroatoms. The zero-order valence-corrected chi connectivity index (χ0v) is 17.2. The summed E-state index contributed by atoms with van der Waals surface area (Å²) in [6.45, 7) is 2.87. The second kappa shape index (κ2) is 9.53. The summed E-state index contributed by atoms with van der Waals surface area (Å²) >= 11 is 4.83. The van der Waals surface area contributed by atoms with Crippen LogP contribution in [0.4, 0.5) is 0 Å². The summed E-state index contributed by atoms with van der Waals surface area (Å²) in [6, 6.07) is 17.8. The molecule has 0 radical (unpaired) electrons. The Balaban J connectivity index is 1.55. The average Bonchev–Trinajstić information content (AvgIpc) is 3.04. The Bertz CT molecular complexity index is 982. The number of rotatable bonds is 7. The van der Waals surface area contributed by atoms with Crippen LogP contribution >= 0.6 is 27.7 Å². The first-order valence-electron chi connectivity index (χ1n) is 8.49. The summed E-state index contributed by atoms with van der Waals surface area (Å²) in [5, 5.41) is 4.82. The van der Waals surface area contributed by atoms with Gasteiger partial charge in [0, 0.05) is 11.0 Å². The van der Waals surface area contributed by atoms with Crippen molar-refractivity contribution in [2.24, 2.45) is 5.10 Å². The number of hydrogen-bond acceptors (Lipinski definition) is 4. The topological polar surface area (TPSA) is 59.3 Å². The van der Waals surface area contributed by atoms with Crippen LogP contribution in [0.2, 0.25) is 0 Å². The molecule has 1 amide bonds. The highest BCUT2D eigenvalue weighted by Gasteiger charge is 2.11. The molecule has 2 aromatic carbocycles. The van der Waals surface area contributed by atoms with Crippen LogP contribution in [0.15, 0.2) is 69.3 Å². The second-order valence-electron chi connectivity index (χ2n) is 5.65. The van der Waals surface area contributed by atoms with Gasteiger partial charge in [-0.3, -0.25) is 4.79 Å². The number of hydrazone groups is 1. The van der Waals surface area contributed by atoms with Crippen molar-refractivity contribution in [2.75, 3.05) is 5.75 Å². The van der Waals surface area contributed by atoms with Crippen LogP contribution in [0, 0.1) is 0 Å². The number of aryl methyl sites for hydroxylation is 1. The van der Waals surface area contributed by atoms with Crippen molar-refractivity contribution in [3.05, 3.63) is 64.6 Å². The molecule has 1 aromatic heterocycles. The molecule has 1 heterocycles. The molecular formula is C20H19BrN4OS. The van der Waals surface area contributed by atoms with Gasteiger partial charge in [-0.1, -0.05) is 54.2 Å². The fourth-order valence-corrected chi connectivity index (χ4v) is 3.78. The minimum absolute atomic E-state index is 0.175. The summed E-state index contributed by atoms with van der Waals surface area (Å²) in [6.07, 6.45) is 3.49. The first kappa shape index (κ1) is 19.4. The van der Waals surface area contributed by atoms with E-state index in [9.17, 15) is 4.79 Å². The van der Waals surface area contributed by atoms with Crippen molar-refractivity contribution in [1.82, 2.24) is 15.0 Å². The molecular weight excluding hydrogens is 424 g/mol. The lowest BCUT2D eigenvalue weighted by molar-refractivity contribution is -0.118. The normalized spacial score (nSPS) is 12.0. The number of para-hydroxylation sites is 2. The van der Waals surface area contributed by atoms with E-state index in [1.165, 1.54) is 11.8 Å². The molecule has 0 aliphatic heterocycles. The molecule has 5 nitrogen and oxygen atoms in total. The lowest BCUT2D eigenvalue weighted by Crippen LogP contribution is -2.19. The molecule has 1 N–H and O–H groups in total. The van der Waals surface area contributed by atoms with Gasteiger partial charge in [0.15, 0.2) is 5.16 Å². The molecule has 0 saturated carbocycles. The Hall–Kier alpha value is -2.38. The van der Waals surface area contributed by atoms with Crippen LogP contribution in [0.25, 0.3) is 17.1 Å². The molecule has 3 rings (SSSR count). The Labute approximate surface area is 170 Å². The zero-order valence-electron chi connectivity index (χ0n) is 14.8. The van der Waals surface area contributed by atoms with Gasteiger partial charge >= 0.3 is 0 Å². The maximum atomic E-state index is 12.1. The van der Waals surface area contributed by atoms with E-state index in [0.29, 0.717) is 0 Å². The molecule has 0 aliphatic carbocycles. The van der Waals surface area contributed by atoms with E-state index in [1.807, 2.05) is 60.7 Å². The molecule has 0 spiro atoms. The van der Waals surface area contributed by atoms with Gasteiger partial charge in [0.05, 0.1) is 23.0 Å². The molecule has 3 aromatic rings. The number of nitrogens with zero attached hydrogens (tertiary/aromatic N) is 3. The minimum Gasteiger partial charge on any atom is -0.319 e. The van der Waals surface area contributed by atoms with Crippen molar-refractivity contribution in [3.63, 3.8) is 0 Å². The number of halogens is 1. The third-order valence-electron chi connectivity index (χ3n) is 3.75. The van der Waals surface area contributed by atoms with E-state index in [-0.39, 0.29) is 11.7 Å². The predicted octanol–water partition coefficient (Wildman–Crippen LogP) is 4.69. The number of thioether (sulfide) groups is 1. The van der Waals surface area contributed by atoms with Crippen LogP contribution in [0.1, 0.15) is 12.5 Å². The van der Waals surface area contributed by atoms with E-state index in [2.05, 4.69) is 42.9 Å². The number of allylic oxidation sites excluding steroid dienone is 1. The zero-order chi connectivity index (χ0) is 19.1. The summed E-state index contributed by atoms with van der Waals surface area (Å²) in [5.41, 5.74) is 5.61. The first-order valence-corrected chi connectivity index (χ1v) is 10.3. The molecule has 0 saturated heterocycles. The van der Waals surface area contributed by atoms with Gasteiger partial charge in [-0.15, -0.1) is 0 Å². The summed E-state index contributed by atoms with van der Waals surface area (Å²) in [4.78, 5) is 16.7. The number of imidazole rings is 1. The summed E-state index contributed by atoms with van der Waals surface area (Å²) in [7, 11) is 0. The van der Waals surface area contributed by atoms with Gasteiger partial charge in [-0.25, -0.2) is 10.4 Å². The van der Waals surface area contributed by atoms with E-state index >= 15 is 0 Å². The van der Waals surface area contributed by atoms with Crippen molar-refractivity contribution >= 4 is 56.9 Å². The van der Waals surface area contributed by atoms with Crippen molar-refractivity contribution in [1.29, 1.82) is 0 Å². The fraction of sp³-hybridized carbons (Fsp3) is 0.150. The van der Waals surface area contributed by atoms with E-state index in [0.717, 1.165) is 32.8 Å². The Kier molecular flexibility index (Phi) is 6.84. The van der Waals surface area contributed by atoms with Crippen molar-refractivity contribution in [2.45, 2.75) is 18.6 Å². The molecule has 0 fully saturated rings.